The predicted octanol–water partition coefficient (Wildman–Crippen LogP) is 2.90. The highest BCUT2D eigenvalue weighted by atomic mass is 127. The summed E-state index contributed by atoms with van der Waals surface area (Å²) in [6.07, 6.45) is 0. The lowest BCUT2D eigenvalue weighted by atomic mass is 10.1. The zero-order valence-corrected chi connectivity index (χ0v) is 15.5. The summed E-state index contributed by atoms with van der Waals surface area (Å²) in [5.41, 5.74) is 9.58. The summed E-state index contributed by atoms with van der Waals surface area (Å²) in [7, 11) is 1.61. The Morgan fingerprint density at radius 3 is 2.26 bits per heavy atom. The van der Waals surface area contributed by atoms with Gasteiger partial charge in [-0.05, 0) is 36.8 Å². The Balaban J connectivity index is 0.00000264. The number of benzene rings is 2. The van der Waals surface area contributed by atoms with Gasteiger partial charge in [-0.2, -0.15) is 0 Å². The smallest absolute Gasteiger partial charge is 0.251 e. The fourth-order valence-corrected chi connectivity index (χ4v) is 1.91. The van der Waals surface area contributed by atoms with Gasteiger partial charge in [-0.25, -0.2) is 4.99 Å². The number of nitrogens with two attached hydrogens (primary N) is 1. The van der Waals surface area contributed by atoms with Crippen molar-refractivity contribution < 1.29 is 4.79 Å². The van der Waals surface area contributed by atoms with Gasteiger partial charge < -0.3 is 16.4 Å². The van der Waals surface area contributed by atoms with Gasteiger partial charge in [-0.3, -0.25) is 4.79 Å². The first kappa shape index (κ1) is 19.0. The topological polar surface area (TPSA) is 79.5 Å². The number of hydrogen-bond donors (Lipinski definition) is 3. The van der Waals surface area contributed by atoms with Gasteiger partial charge >= 0.3 is 0 Å². The first-order valence-electron chi connectivity index (χ1n) is 7.03. The fourth-order valence-electron chi connectivity index (χ4n) is 1.91. The maximum Gasteiger partial charge on any atom is 0.251 e. The predicted molar refractivity (Wildman–Crippen MR) is 105 cm³/mol. The Kier molecular flexibility index (Phi) is 7.53. The number of guanidine groups is 1. The van der Waals surface area contributed by atoms with E-state index in [1.807, 2.05) is 43.3 Å². The third-order valence-electron chi connectivity index (χ3n) is 3.20. The summed E-state index contributed by atoms with van der Waals surface area (Å²) in [5.74, 6) is 0.259. The summed E-state index contributed by atoms with van der Waals surface area (Å²) in [5, 5.41) is 5.63. The van der Waals surface area contributed by atoms with E-state index in [1.165, 1.54) is 5.56 Å². The molecule has 0 saturated carbocycles. The summed E-state index contributed by atoms with van der Waals surface area (Å²) in [6.45, 7) is 2.49. The van der Waals surface area contributed by atoms with Crippen LogP contribution in [0.1, 0.15) is 21.5 Å². The molecule has 0 aliphatic rings. The number of rotatable bonds is 4. The number of carbonyl (C=O) groups excluding carboxylic acids is 1. The molecule has 0 spiro atoms. The van der Waals surface area contributed by atoms with Crippen LogP contribution in [0.25, 0.3) is 0 Å². The van der Waals surface area contributed by atoms with Crippen molar-refractivity contribution in [2.45, 2.75) is 13.5 Å². The average molecular weight is 424 g/mol. The van der Waals surface area contributed by atoms with Gasteiger partial charge in [0, 0.05) is 18.3 Å². The van der Waals surface area contributed by atoms with Gasteiger partial charge in [0.1, 0.15) is 0 Å². The molecule has 0 aliphatic heterocycles. The van der Waals surface area contributed by atoms with Crippen molar-refractivity contribution >= 4 is 41.5 Å². The van der Waals surface area contributed by atoms with Crippen molar-refractivity contribution in [3.63, 3.8) is 0 Å². The number of aryl methyl sites for hydroxylation is 1. The highest BCUT2D eigenvalue weighted by Crippen LogP contribution is 2.09. The SMILES string of the molecule is CNC(=O)c1ccc(CN=C(N)Nc2ccc(C)cc2)cc1.I. The van der Waals surface area contributed by atoms with Crippen LogP contribution in [-0.4, -0.2) is 18.9 Å². The molecule has 4 N–H and O–H groups in total. The van der Waals surface area contributed by atoms with Gasteiger partial charge in [-0.1, -0.05) is 29.8 Å². The number of amides is 1. The first-order valence-corrected chi connectivity index (χ1v) is 7.03. The lowest BCUT2D eigenvalue weighted by molar-refractivity contribution is 0.0963. The van der Waals surface area contributed by atoms with Gasteiger partial charge in [0.15, 0.2) is 5.96 Å². The van der Waals surface area contributed by atoms with Crippen LogP contribution in [0.2, 0.25) is 0 Å². The van der Waals surface area contributed by atoms with Crippen LogP contribution < -0.4 is 16.4 Å². The van der Waals surface area contributed by atoms with Crippen LogP contribution in [0.5, 0.6) is 0 Å². The number of halogens is 1. The van der Waals surface area contributed by atoms with Gasteiger partial charge in [0.2, 0.25) is 0 Å². The van der Waals surface area contributed by atoms with Crippen LogP contribution in [0.3, 0.4) is 0 Å². The second kappa shape index (κ2) is 9.14. The second-order valence-electron chi connectivity index (χ2n) is 4.97. The minimum atomic E-state index is -0.101. The highest BCUT2D eigenvalue weighted by Gasteiger charge is 2.02. The molecule has 0 fully saturated rings. The van der Waals surface area contributed by atoms with Crippen LogP contribution in [0.15, 0.2) is 53.5 Å². The lowest BCUT2D eigenvalue weighted by Crippen LogP contribution is -2.22. The molecule has 0 unspecified atom stereocenters. The molecule has 5 nitrogen and oxygen atoms in total. The van der Waals surface area contributed by atoms with E-state index >= 15 is 0 Å². The Hall–Kier alpha value is -2.09. The summed E-state index contributed by atoms with van der Waals surface area (Å²) < 4.78 is 0. The molecule has 0 saturated heterocycles. The standard InChI is InChI=1S/C17H20N4O.HI/c1-12-3-9-15(10-4-12)21-17(18)20-11-13-5-7-14(8-6-13)16(22)19-2;/h3-10H,11H2,1-2H3,(H,19,22)(H3,18,20,21);1H. The maximum absolute atomic E-state index is 11.4. The van der Waals surface area contributed by atoms with Gasteiger partial charge in [0.05, 0.1) is 6.54 Å². The van der Waals surface area contributed by atoms with Crippen molar-refractivity contribution in [1.29, 1.82) is 0 Å². The number of hydrogen-bond acceptors (Lipinski definition) is 2. The lowest BCUT2D eigenvalue weighted by Gasteiger charge is -2.06. The molecule has 2 aromatic carbocycles. The van der Waals surface area contributed by atoms with Crippen molar-refractivity contribution in [1.82, 2.24) is 5.32 Å². The molecule has 6 heteroatoms. The van der Waals surface area contributed by atoms with E-state index in [-0.39, 0.29) is 29.9 Å². The van der Waals surface area contributed by atoms with E-state index < -0.39 is 0 Å². The number of nitrogens with zero attached hydrogens (tertiary/aromatic N) is 1. The summed E-state index contributed by atoms with van der Waals surface area (Å²) in [4.78, 5) is 15.7. The van der Waals surface area contributed by atoms with E-state index in [0.29, 0.717) is 18.1 Å². The third kappa shape index (κ3) is 5.90. The quantitative estimate of drug-likeness (QED) is 0.401. The monoisotopic (exact) mass is 424 g/mol. The average Bonchev–Trinajstić information content (AvgIpc) is 2.55. The van der Waals surface area contributed by atoms with Crippen molar-refractivity contribution in [2.24, 2.45) is 10.7 Å². The Labute approximate surface area is 153 Å². The van der Waals surface area contributed by atoms with Crippen LogP contribution in [-0.2, 0) is 6.54 Å². The van der Waals surface area contributed by atoms with Crippen molar-refractivity contribution in [3.8, 4) is 0 Å². The number of anilines is 1. The first-order chi connectivity index (χ1) is 10.6. The Bertz CT molecular complexity index is 666. The normalized spacial score (nSPS) is 10.6. The number of carbonyl (C=O) groups is 1. The molecule has 2 aromatic rings. The van der Waals surface area contributed by atoms with E-state index in [0.717, 1.165) is 11.3 Å². The largest absolute Gasteiger partial charge is 0.370 e. The van der Waals surface area contributed by atoms with Gasteiger partial charge in [0.25, 0.3) is 5.91 Å². The summed E-state index contributed by atoms with van der Waals surface area (Å²) in [6, 6.07) is 15.2. The molecule has 2 rings (SSSR count). The van der Waals surface area contributed by atoms with E-state index in [2.05, 4.69) is 15.6 Å². The Morgan fingerprint density at radius 2 is 1.70 bits per heavy atom. The minimum Gasteiger partial charge on any atom is -0.370 e. The molecule has 0 atom stereocenters. The van der Waals surface area contributed by atoms with Crippen molar-refractivity contribution in [2.75, 3.05) is 12.4 Å². The molecule has 122 valence electrons. The second-order valence-corrected chi connectivity index (χ2v) is 4.97. The number of aliphatic imine (C=N–C) groups is 1. The molecule has 0 radical (unpaired) electrons. The van der Waals surface area contributed by atoms with E-state index in [9.17, 15) is 4.79 Å². The Morgan fingerprint density at radius 1 is 1.09 bits per heavy atom. The van der Waals surface area contributed by atoms with Crippen LogP contribution in [0, 0.1) is 6.92 Å². The summed E-state index contributed by atoms with van der Waals surface area (Å²) >= 11 is 0. The molecule has 0 heterocycles. The number of nitrogens with one attached hydrogen (secondary N) is 2. The molecule has 1 amide bonds. The molecule has 23 heavy (non-hydrogen) atoms. The van der Waals surface area contributed by atoms with E-state index in [1.54, 1.807) is 19.2 Å². The van der Waals surface area contributed by atoms with Crippen molar-refractivity contribution in [3.05, 3.63) is 65.2 Å². The fraction of sp³-hybridized carbons (Fsp3) is 0.176. The van der Waals surface area contributed by atoms with Crippen LogP contribution >= 0.6 is 24.0 Å². The third-order valence-corrected chi connectivity index (χ3v) is 3.20. The van der Waals surface area contributed by atoms with Gasteiger partial charge in [-0.15, -0.1) is 24.0 Å². The molecule has 0 bridgehead atoms. The van der Waals surface area contributed by atoms with E-state index in [4.69, 9.17) is 5.73 Å². The van der Waals surface area contributed by atoms with Crippen LogP contribution in [0.4, 0.5) is 5.69 Å². The molecular formula is C17H21IN4O. The molecule has 0 aromatic heterocycles. The molecular weight excluding hydrogens is 403 g/mol. The zero-order valence-electron chi connectivity index (χ0n) is 13.2. The highest BCUT2D eigenvalue weighted by molar-refractivity contribution is 14.0. The maximum atomic E-state index is 11.4. The minimum absolute atomic E-state index is 0. The molecule has 0 aliphatic carbocycles. The zero-order chi connectivity index (χ0) is 15.9.